The van der Waals surface area contributed by atoms with Crippen LogP contribution in [0.25, 0.3) is 5.69 Å². The lowest BCUT2D eigenvalue weighted by atomic mass is 9.95. The van der Waals surface area contributed by atoms with Crippen molar-refractivity contribution in [2.24, 2.45) is 5.92 Å². The maximum atomic E-state index is 12.7. The molecular weight excluding hydrogens is 390 g/mol. The summed E-state index contributed by atoms with van der Waals surface area (Å²) in [5.41, 5.74) is 4.21. The van der Waals surface area contributed by atoms with Crippen molar-refractivity contribution in [3.05, 3.63) is 77.6 Å². The Labute approximate surface area is 183 Å². The zero-order valence-electron chi connectivity index (χ0n) is 18.5. The molecule has 1 aromatic heterocycles. The molecule has 2 amide bonds. The Bertz CT molecular complexity index is 1000. The first-order valence-corrected chi connectivity index (χ1v) is 10.4. The average molecular weight is 422 g/mol. The average Bonchev–Trinajstić information content (AvgIpc) is 3.09. The van der Waals surface area contributed by atoms with Gasteiger partial charge in [0.25, 0.3) is 0 Å². The lowest BCUT2D eigenvalue weighted by Gasteiger charge is -2.26. The highest BCUT2D eigenvalue weighted by Gasteiger charge is 2.22. The Kier molecular flexibility index (Phi) is 7.44. The molecule has 31 heavy (non-hydrogen) atoms. The minimum Gasteiger partial charge on any atom is -0.388 e. The van der Waals surface area contributed by atoms with E-state index in [1.54, 1.807) is 0 Å². The first-order valence-electron chi connectivity index (χ1n) is 10.4. The third-order valence-corrected chi connectivity index (χ3v) is 5.10. The third kappa shape index (κ3) is 5.93. The summed E-state index contributed by atoms with van der Waals surface area (Å²) in [5, 5.41) is 21.2. The number of hydrogen-bond acceptors (Lipinski definition) is 4. The lowest BCUT2D eigenvalue weighted by molar-refractivity contribution is 0.0911. The van der Waals surface area contributed by atoms with Gasteiger partial charge in [-0.25, -0.2) is 9.48 Å². The molecule has 0 aliphatic rings. The van der Waals surface area contributed by atoms with E-state index in [1.807, 2.05) is 98.2 Å². The number of carbonyl (C=O) groups excluding carboxylic acids is 1. The lowest BCUT2D eigenvalue weighted by Crippen LogP contribution is -2.39. The molecular formula is C24H31N5O2. The smallest absolute Gasteiger partial charge is 0.319 e. The van der Waals surface area contributed by atoms with Crippen LogP contribution in [0.1, 0.15) is 23.1 Å². The fourth-order valence-corrected chi connectivity index (χ4v) is 3.69. The molecule has 0 spiro atoms. The molecule has 0 radical (unpaired) electrons. The van der Waals surface area contributed by atoms with E-state index in [-0.39, 0.29) is 11.9 Å². The van der Waals surface area contributed by atoms with Gasteiger partial charge in [-0.05, 0) is 51.7 Å². The zero-order chi connectivity index (χ0) is 22.4. The Balaban J connectivity index is 1.69. The summed E-state index contributed by atoms with van der Waals surface area (Å²) in [6, 6.07) is 18.8. The van der Waals surface area contributed by atoms with E-state index in [4.69, 9.17) is 0 Å². The Hall–Kier alpha value is -3.16. The molecule has 2 atom stereocenters. The molecule has 3 N–H and O–H groups in total. The summed E-state index contributed by atoms with van der Waals surface area (Å²) in [5.74, 6) is -0.158. The number of rotatable bonds is 8. The number of nitrogens with zero attached hydrogens (tertiary/aromatic N) is 3. The van der Waals surface area contributed by atoms with E-state index in [9.17, 15) is 9.90 Å². The molecule has 2 aromatic carbocycles. The van der Waals surface area contributed by atoms with Crippen molar-refractivity contribution in [2.75, 3.05) is 32.5 Å². The van der Waals surface area contributed by atoms with Crippen LogP contribution >= 0.6 is 0 Å². The number of aliphatic hydroxyl groups excluding tert-OH is 1. The standard InChI is InChI=1S/C24H31N5O2/c1-17-14-18(2)29(27-17)22-13-9-8-12-21(22)26-24(31)25-15-20(16-28(3)4)23(30)19-10-6-5-7-11-19/h5-14,20,23,30H,15-16H2,1-4H3,(H2,25,26,31). The molecule has 3 rings (SSSR count). The van der Waals surface area contributed by atoms with E-state index >= 15 is 0 Å². The van der Waals surface area contributed by atoms with Gasteiger partial charge >= 0.3 is 6.03 Å². The van der Waals surface area contributed by atoms with Crippen LogP contribution in [0.5, 0.6) is 0 Å². The predicted octanol–water partition coefficient (Wildman–Crippen LogP) is 3.52. The van der Waals surface area contributed by atoms with Crippen molar-refractivity contribution in [2.45, 2.75) is 20.0 Å². The van der Waals surface area contributed by atoms with Gasteiger partial charge in [0.05, 0.1) is 23.2 Å². The van der Waals surface area contributed by atoms with Gasteiger partial charge in [0, 0.05) is 24.7 Å². The number of urea groups is 1. The zero-order valence-corrected chi connectivity index (χ0v) is 18.5. The number of hydrogen-bond donors (Lipinski definition) is 3. The number of aryl methyl sites for hydroxylation is 2. The molecule has 3 aromatic rings. The quantitative estimate of drug-likeness (QED) is 0.520. The Morgan fingerprint density at radius 3 is 2.42 bits per heavy atom. The molecule has 7 nitrogen and oxygen atoms in total. The highest BCUT2D eigenvalue weighted by Crippen LogP contribution is 2.23. The van der Waals surface area contributed by atoms with Gasteiger partial charge in [0.2, 0.25) is 0 Å². The minimum atomic E-state index is -0.675. The summed E-state index contributed by atoms with van der Waals surface area (Å²) in [7, 11) is 3.91. The van der Waals surface area contributed by atoms with Gasteiger partial charge in [0.15, 0.2) is 0 Å². The number of aliphatic hydroxyl groups is 1. The second-order valence-corrected chi connectivity index (χ2v) is 8.07. The van der Waals surface area contributed by atoms with Crippen LogP contribution in [-0.4, -0.2) is 53.0 Å². The van der Waals surface area contributed by atoms with Gasteiger partial charge in [-0.3, -0.25) is 0 Å². The van der Waals surface area contributed by atoms with Gasteiger partial charge in [-0.1, -0.05) is 42.5 Å². The van der Waals surface area contributed by atoms with E-state index in [0.29, 0.717) is 18.8 Å². The van der Waals surface area contributed by atoms with Crippen molar-refractivity contribution < 1.29 is 9.90 Å². The Morgan fingerprint density at radius 1 is 1.10 bits per heavy atom. The van der Waals surface area contributed by atoms with Gasteiger partial charge < -0.3 is 20.6 Å². The number of benzene rings is 2. The number of carbonyl (C=O) groups is 1. The first-order chi connectivity index (χ1) is 14.8. The molecule has 0 aliphatic carbocycles. The van der Waals surface area contributed by atoms with Crippen molar-refractivity contribution in [3.8, 4) is 5.69 Å². The fraction of sp³-hybridized carbons (Fsp3) is 0.333. The topological polar surface area (TPSA) is 82.4 Å². The van der Waals surface area contributed by atoms with E-state index in [2.05, 4.69) is 15.7 Å². The predicted molar refractivity (Wildman–Crippen MR) is 124 cm³/mol. The summed E-state index contributed by atoms with van der Waals surface area (Å²) in [6.45, 7) is 4.89. The van der Waals surface area contributed by atoms with Gasteiger partial charge in [-0.15, -0.1) is 0 Å². The molecule has 7 heteroatoms. The Morgan fingerprint density at radius 2 is 1.77 bits per heavy atom. The van der Waals surface area contributed by atoms with E-state index in [1.165, 1.54) is 0 Å². The number of amides is 2. The highest BCUT2D eigenvalue weighted by molar-refractivity contribution is 5.91. The van der Waals surface area contributed by atoms with Crippen LogP contribution in [0.15, 0.2) is 60.7 Å². The second kappa shape index (κ2) is 10.2. The van der Waals surface area contributed by atoms with E-state index in [0.717, 1.165) is 22.6 Å². The molecule has 0 bridgehead atoms. The van der Waals surface area contributed by atoms with Crippen LogP contribution < -0.4 is 10.6 Å². The fourth-order valence-electron chi connectivity index (χ4n) is 3.69. The van der Waals surface area contributed by atoms with E-state index < -0.39 is 6.10 Å². The van der Waals surface area contributed by atoms with Crippen LogP contribution in [-0.2, 0) is 0 Å². The van der Waals surface area contributed by atoms with Crippen molar-refractivity contribution in [3.63, 3.8) is 0 Å². The number of anilines is 1. The van der Waals surface area contributed by atoms with Crippen LogP contribution in [0.4, 0.5) is 10.5 Å². The molecule has 0 fully saturated rings. The monoisotopic (exact) mass is 421 g/mol. The van der Waals surface area contributed by atoms with Crippen molar-refractivity contribution in [1.82, 2.24) is 20.0 Å². The number of nitrogens with one attached hydrogen (secondary N) is 2. The van der Waals surface area contributed by atoms with Crippen molar-refractivity contribution >= 4 is 11.7 Å². The molecule has 1 heterocycles. The third-order valence-electron chi connectivity index (χ3n) is 5.10. The van der Waals surface area contributed by atoms with Gasteiger partial charge in [-0.2, -0.15) is 5.10 Å². The summed E-state index contributed by atoms with van der Waals surface area (Å²) in [4.78, 5) is 14.7. The second-order valence-electron chi connectivity index (χ2n) is 8.07. The number of para-hydroxylation sites is 2. The van der Waals surface area contributed by atoms with Crippen LogP contribution in [0.2, 0.25) is 0 Å². The highest BCUT2D eigenvalue weighted by atomic mass is 16.3. The molecule has 0 aliphatic heterocycles. The molecule has 0 saturated heterocycles. The minimum absolute atomic E-state index is 0.158. The largest absolute Gasteiger partial charge is 0.388 e. The molecule has 164 valence electrons. The SMILES string of the molecule is Cc1cc(C)n(-c2ccccc2NC(=O)NCC(CN(C)C)C(O)c2ccccc2)n1. The summed E-state index contributed by atoms with van der Waals surface area (Å²) >= 11 is 0. The van der Waals surface area contributed by atoms with Crippen LogP contribution in [0.3, 0.4) is 0 Å². The summed E-state index contributed by atoms with van der Waals surface area (Å²) in [6.07, 6.45) is -0.675. The van der Waals surface area contributed by atoms with Crippen molar-refractivity contribution in [1.29, 1.82) is 0 Å². The first kappa shape index (κ1) is 22.5. The summed E-state index contributed by atoms with van der Waals surface area (Å²) < 4.78 is 1.82. The van der Waals surface area contributed by atoms with Crippen LogP contribution in [0, 0.1) is 19.8 Å². The number of aromatic nitrogens is 2. The molecule has 2 unspecified atom stereocenters. The normalized spacial score (nSPS) is 13.1. The maximum Gasteiger partial charge on any atom is 0.319 e. The van der Waals surface area contributed by atoms with Gasteiger partial charge in [0.1, 0.15) is 0 Å². The molecule has 0 saturated carbocycles. The maximum absolute atomic E-state index is 12.7.